The Morgan fingerprint density at radius 1 is 1.41 bits per heavy atom. The normalized spacial score (nSPS) is 14.7. The van der Waals surface area contributed by atoms with Crippen LogP contribution >= 0.6 is 11.8 Å². The first-order chi connectivity index (χ1) is 8.01. The number of hydrogen-bond donors (Lipinski definition) is 4. The average Bonchev–Trinajstić information content (AvgIpc) is 2.31. The standard InChI is InChI=1S/C10H23N3O3S/c1-7(10(13)15)6-17-3-2-9(14)16-8(4-11)5-12/h7-8,10,15H,2-6,11-13H2,1H3. The van der Waals surface area contributed by atoms with E-state index in [4.69, 9.17) is 27.0 Å². The third-order valence-electron chi connectivity index (χ3n) is 2.24. The van der Waals surface area contributed by atoms with Crippen LogP contribution in [0, 0.1) is 5.92 Å². The van der Waals surface area contributed by atoms with Crippen LogP contribution in [-0.2, 0) is 9.53 Å². The molecule has 0 fully saturated rings. The van der Waals surface area contributed by atoms with Crippen LogP contribution in [-0.4, -0.2) is 48.0 Å². The molecule has 0 amide bonds. The van der Waals surface area contributed by atoms with E-state index in [2.05, 4.69) is 0 Å². The van der Waals surface area contributed by atoms with Crippen LogP contribution in [0.25, 0.3) is 0 Å². The quantitative estimate of drug-likeness (QED) is 0.236. The minimum atomic E-state index is -0.812. The van der Waals surface area contributed by atoms with Gasteiger partial charge in [-0.2, -0.15) is 11.8 Å². The molecule has 0 aromatic carbocycles. The van der Waals surface area contributed by atoms with Gasteiger partial charge in [0.1, 0.15) is 12.3 Å². The van der Waals surface area contributed by atoms with Gasteiger partial charge in [-0.25, -0.2) is 0 Å². The lowest BCUT2D eigenvalue weighted by atomic mass is 10.2. The first kappa shape index (κ1) is 16.7. The highest BCUT2D eigenvalue weighted by Gasteiger charge is 2.12. The zero-order valence-corrected chi connectivity index (χ0v) is 11.0. The molecule has 17 heavy (non-hydrogen) atoms. The molecule has 0 aliphatic carbocycles. The molecule has 0 bridgehead atoms. The van der Waals surface area contributed by atoms with E-state index in [0.29, 0.717) is 17.9 Å². The van der Waals surface area contributed by atoms with E-state index in [1.165, 1.54) is 0 Å². The minimum absolute atomic E-state index is 0.0110. The van der Waals surface area contributed by atoms with Crippen LogP contribution in [0.2, 0.25) is 0 Å². The Morgan fingerprint density at radius 2 is 2.00 bits per heavy atom. The summed E-state index contributed by atoms with van der Waals surface area (Å²) in [6.45, 7) is 2.34. The molecule has 102 valence electrons. The molecule has 0 radical (unpaired) electrons. The van der Waals surface area contributed by atoms with Gasteiger partial charge in [0.15, 0.2) is 0 Å². The van der Waals surface area contributed by atoms with Crippen LogP contribution in [0.3, 0.4) is 0 Å². The number of carbonyl (C=O) groups excluding carboxylic acids is 1. The summed E-state index contributed by atoms with van der Waals surface area (Å²) in [5.74, 6) is 1.07. The molecule has 0 aromatic heterocycles. The van der Waals surface area contributed by atoms with Crippen molar-refractivity contribution in [1.29, 1.82) is 0 Å². The summed E-state index contributed by atoms with van der Waals surface area (Å²) in [7, 11) is 0. The van der Waals surface area contributed by atoms with E-state index >= 15 is 0 Å². The maximum absolute atomic E-state index is 11.3. The van der Waals surface area contributed by atoms with Crippen LogP contribution < -0.4 is 17.2 Å². The lowest BCUT2D eigenvalue weighted by Crippen LogP contribution is -2.33. The maximum Gasteiger partial charge on any atom is 0.306 e. The van der Waals surface area contributed by atoms with Gasteiger partial charge >= 0.3 is 5.97 Å². The Balaban J connectivity index is 3.58. The van der Waals surface area contributed by atoms with Crippen LogP contribution in [0.4, 0.5) is 0 Å². The first-order valence-electron chi connectivity index (χ1n) is 5.62. The second-order valence-electron chi connectivity index (χ2n) is 3.88. The van der Waals surface area contributed by atoms with E-state index in [0.717, 1.165) is 0 Å². The molecular weight excluding hydrogens is 242 g/mol. The van der Waals surface area contributed by atoms with Gasteiger partial charge in [-0.3, -0.25) is 4.79 Å². The minimum Gasteiger partial charge on any atom is -0.460 e. The van der Waals surface area contributed by atoms with Gasteiger partial charge < -0.3 is 27.0 Å². The van der Waals surface area contributed by atoms with E-state index in [1.807, 2.05) is 6.92 Å². The molecule has 7 heteroatoms. The fourth-order valence-electron chi connectivity index (χ4n) is 0.961. The first-order valence-corrected chi connectivity index (χ1v) is 6.77. The molecule has 6 nitrogen and oxygen atoms in total. The van der Waals surface area contributed by atoms with Gasteiger partial charge in [0.2, 0.25) is 0 Å². The summed E-state index contributed by atoms with van der Waals surface area (Å²) in [6, 6.07) is 0. The molecular formula is C10H23N3O3S. The number of aliphatic hydroxyl groups is 1. The molecule has 7 N–H and O–H groups in total. The molecule has 0 saturated heterocycles. The molecule has 0 aromatic rings. The number of esters is 1. The second-order valence-corrected chi connectivity index (χ2v) is 5.03. The van der Waals surface area contributed by atoms with E-state index in [1.54, 1.807) is 11.8 Å². The number of carbonyl (C=O) groups is 1. The summed E-state index contributed by atoms with van der Waals surface area (Å²) in [4.78, 5) is 11.3. The topological polar surface area (TPSA) is 125 Å². The molecule has 0 heterocycles. The van der Waals surface area contributed by atoms with Crippen molar-refractivity contribution in [1.82, 2.24) is 0 Å². The molecule has 0 aliphatic heterocycles. The number of ether oxygens (including phenoxy) is 1. The zero-order chi connectivity index (χ0) is 13.3. The van der Waals surface area contributed by atoms with Crippen molar-refractivity contribution in [2.24, 2.45) is 23.1 Å². The van der Waals surface area contributed by atoms with Crippen molar-refractivity contribution >= 4 is 17.7 Å². The van der Waals surface area contributed by atoms with Crippen molar-refractivity contribution < 1.29 is 14.6 Å². The Hall–Kier alpha value is -0.340. The maximum atomic E-state index is 11.3. The molecule has 0 saturated carbocycles. The number of nitrogens with two attached hydrogens (primary N) is 3. The number of thioether (sulfide) groups is 1. The van der Waals surface area contributed by atoms with Gasteiger partial charge in [-0.15, -0.1) is 0 Å². The molecule has 0 aliphatic rings. The Labute approximate surface area is 106 Å². The summed E-state index contributed by atoms with van der Waals surface area (Å²) >= 11 is 1.56. The molecule has 0 rings (SSSR count). The highest BCUT2D eigenvalue weighted by molar-refractivity contribution is 7.99. The van der Waals surface area contributed by atoms with Gasteiger partial charge in [-0.1, -0.05) is 6.92 Å². The Bertz CT molecular complexity index is 213. The largest absolute Gasteiger partial charge is 0.460 e. The Morgan fingerprint density at radius 3 is 2.47 bits per heavy atom. The molecule has 0 spiro atoms. The number of aliphatic hydroxyl groups excluding tert-OH is 1. The average molecular weight is 265 g/mol. The van der Waals surface area contributed by atoms with E-state index < -0.39 is 12.3 Å². The molecule has 2 unspecified atom stereocenters. The van der Waals surface area contributed by atoms with Crippen molar-refractivity contribution in [3.8, 4) is 0 Å². The van der Waals surface area contributed by atoms with Crippen LogP contribution in [0.1, 0.15) is 13.3 Å². The highest BCUT2D eigenvalue weighted by Crippen LogP contribution is 2.11. The fraction of sp³-hybridized carbons (Fsp3) is 0.900. The van der Waals surface area contributed by atoms with Gasteiger partial charge in [-0.05, 0) is 5.75 Å². The fourth-order valence-corrected chi connectivity index (χ4v) is 2.01. The van der Waals surface area contributed by atoms with Crippen LogP contribution in [0.5, 0.6) is 0 Å². The summed E-state index contributed by atoms with van der Waals surface area (Å²) in [6.07, 6.45) is -0.889. The summed E-state index contributed by atoms with van der Waals surface area (Å²) in [5.41, 5.74) is 16.0. The lowest BCUT2D eigenvalue weighted by Gasteiger charge is -2.15. The number of rotatable bonds is 9. The predicted octanol–water partition coefficient (Wildman–Crippen LogP) is -1.15. The Kier molecular flexibility index (Phi) is 9.47. The SMILES string of the molecule is CC(CSCCC(=O)OC(CN)CN)C(N)O. The van der Waals surface area contributed by atoms with Crippen molar-refractivity contribution in [3.63, 3.8) is 0 Å². The highest BCUT2D eigenvalue weighted by atomic mass is 32.2. The van der Waals surface area contributed by atoms with E-state index in [9.17, 15) is 4.79 Å². The second kappa shape index (κ2) is 9.67. The molecule has 2 atom stereocenters. The van der Waals surface area contributed by atoms with Gasteiger partial charge in [0.05, 0.1) is 6.42 Å². The third-order valence-corrected chi connectivity index (χ3v) is 3.49. The van der Waals surface area contributed by atoms with Gasteiger partial charge in [0, 0.05) is 24.8 Å². The van der Waals surface area contributed by atoms with Crippen molar-refractivity contribution in [2.75, 3.05) is 24.6 Å². The summed E-state index contributed by atoms with van der Waals surface area (Å²) in [5, 5.41) is 9.06. The van der Waals surface area contributed by atoms with Crippen LogP contribution in [0.15, 0.2) is 0 Å². The van der Waals surface area contributed by atoms with Crippen molar-refractivity contribution in [3.05, 3.63) is 0 Å². The smallest absolute Gasteiger partial charge is 0.306 e. The number of hydrogen-bond acceptors (Lipinski definition) is 7. The van der Waals surface area contributed by atoms with Crippen molar-refractivity contribution in [2.45, 2.75) is 25.7 Å². The van der Waals surface area contributed by atoms with Gasteiger partial charge in [0.25, 0.3) is 0 Å². The summed E-state index contributed by atoms with van der Waals surface area (Å²) < 4.78 is 5.03. The third kappa shape index (κ3) is 8.39. The van der Waals surface area contributed by atoms with E-state index in [-0.39, 0.29) is 25.0 Å². The lowest BCUT2D eigenvalue weighted by molar-refractivity contribution is -0.147. The predicted molar refractivity (Wildman–Crippen MR) is 69.3 cm³/mol. The monoisotopic (exact) mass is 265 g/mol. The zero-order valence-electron chi connectivity index (χ0n) is 10.2.